The first-order chi connectivity index (χ1) is 8.10. The topological polar surface area (TPSA) is 69.3 Å². The summed E-state index contributed by atoms with van der Waals surface area (Å²) < 4.78 is 7.19. The zero-order valence-electron chi connectivity index (χ0n) is 10.3. The highest BCUT2D eigenvalue weighted by Gasteiger charge is 2.31. The van der Waals surface area contributed by atoms with Crippen LogP contribution in [-0.4, -0.2) is 29.2 Å². The number of hydrogen-bond acceptors (Lipinski definition) is 3. The maximum absolute atomic E-state index is 11.9. The van der Waals surface area contributed by atoms with E-state index in [1.54, 1.807) is 16.8 Å². The van der Waals surface area contributed by atoms with E-state index < -0.39 is 0 Å². The third-order valence-corrected chi connectivity index (χ3v) is 3.09. The monoisotopic (exact) mass is 237 g/mol. The van der Waals surface area contributed by atoms with E-state index in [4.69, 9.17) is 10.5 Å². The molecule has 3 N–H and O–H groups in total. The van der Waals surface area contributed by atoms with E-state index in [2.05, 4.69) is 5.32 Å². The summed E-state index contributed by atoms with van der Waals surface area (Å²) in [6.07, 6.45) is 3.85. The van der Waals surface area contributed by atoms with Crippen LogP contribution in [0.4, 0.5) is 5.69 Å². The number of nitrogens with one attached hydrogen (secondary N) is 1. The quantitative estimate of drug-likeness (QED) is 0.817. The molecule has 0 atom stereocenters. The van der Waals surface area contributed by atoms with Crippen LogP contribution in [0.25, 0.3) is 0 Å². The lowest BCUT2D eigenvalue weighted by atomic mass is 9.89. The molecule has 17 heavy (non-hydrogen) atoms. The second-order valence-electron chi connectivity index (χ2n) is 4.49. The molecule has 0 saturated heterocycles. The second-order valence-corrected chi connectivity index (χ2v) is 4.49. The number of aromatic nitrogens is 1. The summed E-state index contributed by atoms with van der Waals surface area (Å²) in [7, 11) is 1.81. The van der Waals surface area contributed by atoms with E-state index >= 15 is 0 Å². The Morgan fingerprint density at radius 1 is 1.65 bits per heavy atom. The number of rotatable bonds is 4. The number of nitrogens with zero attached hydrogens (tertiary/aromatic N) is 1. The molecule has 0 aromatic carbocycles. The summed E-state index contributed by atoms with van der Waals surface area (Å²) in [5.74, 6) is -0.0656. The Morgan fingerprint density at radius 2 is 2.35 bits per heavy atom. The average molecular weight is 237 g/mol. The number of ether oxygens (including phenoxy) is 1. The average Bonchev–Trinajstić information content (AvgIpc) is 2.54. The molecule has 1 saturated carbocycles. The predicted molar refractivity (Wildman–Crippen MR) is 65.7 cm³/mol. The van der Waals surface area contributed by atoms with Crippen molar-refractivity contribution in [2.45, 2.75) is 31.9 Å². The number of amides is 1. The molecule has 1 aromatic rings. The predicted octanol–water partition coefficient (Wildman–Crippen LogP) is 0.905. The van der Waals surface area contributed by atoms with E-state index in [1.165, 1.54) is 0 Å². The number of nitrogen functional groups attached to an aromatic ring is 1. The van der Waals surface area contributed by atoms with Gasteiger partial charge >= 0.3 is 0 Å². The largest absolute Gasteiger partial charge is 0.397 e. The fourth-order valence-electron chi connectivity index (χ4n) is 2.13. The van der Waals surface area contributed by atoms with Crippen LogP contribution in [0, 0.1) is 0 Å². The van der Waals surface area contributed by atoms with Gasteiger partial charge in [0.25, 0.3) is 5.91 Å². The summed E-state index contributed by atoms with van der Waals surface area (Å²) in [6.45, 7) is 2.72. The SMILES string of the molecule is CCOC1CC(NC(=O)c2cc(N)cn2C)C1. The smallest absolute Gasteiger partial charge is 0.268 e. The van der Waals surface area contributed by atoms with Crippen molar-refractivity contribution < 1.29 is 9.53 Å². The molecule has 0 unspecified atom stereocenters. The maximum Gasteiger partial charge on any atom is 0.268 e. The lowest BCUT2D eigenvalue weighted by Gasteiger charge is -2.35. The van der Waals surface area contributed by atoms with Crippen molar-refractivity contribution in [2.75, 3.05) is 12.3 Å². The summed E-state index contributed by atoms with van der Waals surface area (Å²) in [5, 5.41) is 2.98. The molecule has 2 rings (SSSR count). The molecule has 94 valence electrons. The van der Waals surface area contributed by atoms with Crippen molar-refractivity contribution in [3.8, 4) is 0 Å². The molecular weight excluding hydrogens is 218 g/mol. The zero-order valence-corrected chi connectivity index (χ0v) is 10.3. The van der Waals surface area contributed by atoms with Gasteiger partial charge < -0.3 is 20.4 Å². The van der Waals surface area contributed by atoms with Gasteiger partial charge in [0.1, 0.15) is 5.69 Å². The highest BCUT2D eigenvalue weighted by molar-refractivity contribution is 5.94. The number of anilines is 1. The van der Waals surface area contributed by atoms with Crippen molar-refractivity contribution in [1.82, 2.24) is 9.88 Å². The van der Waals surface area contributed by atoms with Crippen LogP contribution in [0.2, 0.25) is 0 Å². The minimum atomic E-state index is -0.0656. The van der Waals surface area contributed by atoms with Crippen molar-refractivity contribution in [1.29, 1.82) is 0 Å². The summed E-state index contributed by atoms with van der Waals surface area (Å²) in [5.41, 5.74) is 6.84. The molecule has 1 aliphatic carbocycles. The van der Waals surface area contributed by atoms with Crippen LogP contribution in [0.15, 0.2) is 12.3 Å². The Hall–Kier alpha value is -1.49. The van der Waals surface area contributed by atoms with Crippen LogP contribution in [0.1, 0.15) is 30.3 Å². The fraction of sp³-hybridized carbons (Fsp3) is 0.583. The fourth-order valence-corrected chi connectivity index (χ4v) is 2.13. The van der Waals surface area contributed by atoms with Gasteiger partial charge in [-0.1, -0.05) is 0 Å². The second kappa shape index (κ2) is 4.79. The van der Waals surface area contributed by atoms with Crippen LogP contribution in [-0.2, 0) is 11.8 Å². The maximum atomic E-state index is 11.9. The molecule has 1 aromatic heterocycles. The van der Waals surface area contributed by atoms with Gasteiger partial charge in [0.05, 0.1) is 11.8 Å². The first-order valence-corrected chi connectivity index (χ1v) is 5.94. The number of carbonyl (C=O) groups is 1. The Kier molecular flexibility index (Phi) is 3.38. The van der Waals surface area contributed by atoms with Crippen molar-refractivity contribution in [3.05, 3.63) is 18.0 Å². The summed E-state index contributed by atoms with van der Waals surface area (Å²) >= 11 is 0. The Morgan fingerprint density at radius 3 is 2.88 bits per heavy atom. The highest BCUT2D eigenvalue weighted by Crippen LogP contribution is 2.23. The Bertz CT molecular complexity index is 408. The minimum Gasteiger partial charge on any atom is -0.397 e. The molecule has 0 spiro atoms. The van der Waals surface area contributed by atoms with Crippen LogP contribution < -0.4 is 11.1 Å². The molecule has 5 nitrogen and oxygen atoms in total. The van der Waals surface area contributed by atoms with Gasteiger partial charge in [-0.05, 0) is 25.8 Å². The van der Waals surface area contributed by atoms with E-state index in [-0.39, 0.29) is 11.9 Å². The van der Waals surface area contributed by atoms with E-state index in [0.717, 1.165) is 19.4 Å². The normalized spacial score (nSPS) is 23.2. The van der Waals surface area contributed by atoms with Gasteiger partial charge in [-0.3, -0.25) is 4.79 Å². The molecule has 1 heterocycles. The molecule has 0 radical (unpaired) electrons. The number of nitrogens with two attached hydrogens (primary N) is 1. The van der Waals surface area contributed by atoms with Crippen molar-refractivity contribution in [2.24, 2.45) is 7.05 Å². The van der Waals surface area contributed by atoms with Gasteiger partial charge in [0, 0.05) is 25.9 Å². The van der Waals surface area contributed by atoms with Gasteiger partial charge in [-0.25, -0.2) is 0 Å². The Balaban J connectivity index is 1.85. The third kappa shape index (κ3) is 2.61. The van der Waals surface area contributed by atoms with Crippen LogP contribution in [0.5, 0.6) is 0 Å². The van der Waals surface area contributed by atoms with Crippen LogP contribution in [0.3, 0.4) is 0 Å². The Labute approximate surface area is 101 Å². The van der Waals surface area contributed by atoms with Crippen molar-refractivity contribution >= 4 is 11.6 Å². The lowest BCUT2D eigenvalue weighted by molar-refractivity contribution is -0.00869. The van der Waals surface area contributed by atoms with E-state index in [9.17, 15) is 4.79 Å². The minimum absolute atomic E-state index is 0.0656. The zero-order chi connectivity index (χ0) is 12.4. The molecule has 1 aliphatic rings. The van der Waals surface area contributed by atoms with Crippen molar-refractivity contribution in [3.63, 3.8) is 0 Å². The first-order valence-electron chi connectivity index (χ1n) is 5.94. The molecule has 0 bridgehead atoms. The first kappa shape index (κ1) is 12.0. The number of aryl methyl sites for hydroxylation is 1. The summed E-state index contributed by atoms with van der Waals surface area (Å²) in [6, 6.07) is 1.92. The van der Waals surface area contributed by atoms with E-state index in [0.29, 0.717) is 17.5 Å². The molecule has 1 amide bonds. The molecule has 1 fully saturated rings. The summed E-state index contributed by atoms with van der Waals surface area (Å²) in [4.78, 5) is 11.9. The lowest BCUT2D eigenvalue weighted by Crippen LogP contribution is -2.48. The molecule has 0 aliphatic heterocycles. The van der Waals surface area contributed by atoms with E-state index in [1.807, 2.05) is 14.0 Å². The highest BCUT2D eigenvalue weighted by atomic mass is 16.5. The van der Waals surface area contributed by atoms with Gasteiger partial charge in [0.2, 0.25) is 0 Å². The van der Waals surface area contributed by atoms with Gasteiger partial charge in [-0.2, -0.15) is 0 Å². The number of hydrogen-bond donors (Lipinski definition) is 2. The van der Waals surface area contributed by atoms with Gasteiger partial charge in [-0.15, -0.1) is 0 Å². The van der Waals surface area contributed by atoms with Gasteiger partial charge in [0.15, 0.2) is 0 Å². The standard InChI is InChI=1S/C12H19N3O2/c1-3-17-10-5-9(6-10)14-12(16)11-4-8(13)7-15(11)2/h4,7,9-10H,3,5-6,13H2,1-2H3,(H,14,16). The molecule has 5 heteroatoms. The number of carbonyl (C=O) groups excluding carboxylic acids is 1. The van der Waals surface area contributed by atoms with Crippen LogP contribution >= 0.6 is 0 Å². The third-order valence-electron chi connectivity index (χ3n) is 3.09. The molecular formula is C12H19N3O2.